The van der Waals surface area contributed by atoms with Gasteiger partial charge in [-0.05, 0) is 110 Å². The highest BCUT2D eigenvalue weighted by atomic mass is 35.5. The Labute approximate surface area is 522 Å². The molecule has 0 amide bonds. The summed E-state index contributed by atoms with van der Waals surface area (Å²) in [6.07, 6.45) is 15.2. The van der Waals surface area contributed by atoms with Crippen LogP contribution in [-0.2, 0) is 45.8 Å². The normalized spacial score (nSPS) is 16.0. The number of benzene rings is 6. The summed E-state index contributed by atoms with van der Waals surface area (Å²) in [5.74, 6) is 0.553. The molecule has 2 aliphatic carbocycles. The fourth-order valence-electron chi connectivity index (χ4n) is 10.3. The van der Waals surface area contributed by atoms with E-state index < -0.39 is 23.1 Å². The molecule has 20 nitrogen and oxygen atoms in total. The molecular formula is C62H57Cl3N10O10S2. The fourth-order valence-corrected chi connectivity index (χ4v) is 10.8. The minimum Gasteiger partial charge on any atom is -0.374 e. The predicted molar refractivity (Wildman–Crippen MR) is 337 cm³/mol. The van der Waals surface area contributed by atoms with Gasteiger partial charge in [-0.1, -0.05) is 120 Å². The molecule has 0 saturated heterocycles. The van der Waals surface area contributed by atoms with E-state index in [4.69, 9.17) is 71.8 Å². The van der Waals surface area contributed by atoms with E-state index in [0.29, 0.717) is 46.6 Å². The fraction of sp³-hybridized carbons (Fsp3) is 0.226. The number of fused-ring (bicyclic) bond motifs is 2. The van der Waals surface area contributed by atoms with Gasteiger partial charge in [0.1, 0.15) is 0 Å². The lowest BCUT2D eigenvalue weighted by molar-refractivity contribution is -0.385. The van der Waals surface area contributed by atoms with Crippen LogP contribution in [0.5, 0.6) is 0 Å². The number of nitro benzene ring substituents is 2. The highest BCUT2D eigenvalue weighted by molar-refractivity contribution is 7.52. The second-order valence-corrected chi connectivity index (χ2v) is 21.4. The number of nitro groups is 2. The number of nitrogens with zero attached hydrogens (tertiary/aromatic N) is 8. The first-order valence-corrected chi connectivity index (χ1v) is 29.8. The largest absolute Gasteiger partial charge is 0.374 e. The SMILES string of the molecule is Clc1ncc(Cl)c(-c2cn(-c3ccccc3)c3ccccc23)n1.NC1CCC(OCc2cccc([N+](=O)[O-])c2)CC1.O=S=O.O=S=O.O=[N+]([O-])c1cccc(COC2CCC(Nc3ncc(Cl)c(-c4cn(-c5ccccc5)c5ccccc45)n3)CC2)c1. The monoisotopic (exact) mass is 1270 g/mol. The van der Waals surface area contributed by atoms with E-state index in [9.17, 15) is 20.2 Å². The number of anilines is 1. The maximum atomic E-state index is 11.0. The van der Waals surface area contributed by atoms with Gasteiger partial charge in [0.25, 0.3) is 11.4 Å². The Bertz CT molecular complexity index is 4000. The molecule has 3 N–H and O–H groups in total. The van der Waals surface area contributed by atoms with E-state index >= 15 is 0 Å². The Kier molecular flexibility index (Phi) is 24.0. The first-order chi connectivity index (χ1) is 42.3. The number of para-hydroxylation sites is 4. The van der Waals surface area contributed by atoms with Gasteiger partial charge in [0.05, 0.1) is 80.1 Å². The second-order valence-electron chi connectivity index (χ2n) is 20.0. The van der Waals surface area contributed by atoms with Crippen LogP contribution < -0.4 is 11.1 Å². The van der Waals surface area contributed by atoms with Crippen LogP contribution in [0.3, 0.4) is 0 Å². The first kappa shape index (κ1) is 64.5. The van der Waals surface area contributed by atoms with Crippen molar-refractivity contribution in [1.82, 2.24) is 29.1 Å². The van der Waals surface area contributed by atoms with Crippen LogP contribution in [0.25, 0.3) is 55.7 Å². The summed E-state index contributed by atoms with van der Waals surface area (Å²) < 4.78 is 49.3. The number of rotatable bonds is 14. The van der Waals surface area contributed by atoms with Crippen molar-refractivity contribution in [3.05, 3.63) is 229 Å². The molecule has 2 fully saturated rings. The van der Waals surface area contributed by atoms with Crippen molar-refractivity contribution in [2.75, 3.05) is 5.32 Å². The maximum Gasteiger partial charge on any atom is 0.335 e. The molecule has 0 radical (unpaired) electrons. The number of hydrogen-bond acceptors (Lipinski definition) is 16. The van der Waals surface area contributed by atoms with E-state index in [1.54, 1.807) is 30.5 Å². The molecule has 448 valence electrons. The number of aromatic nitrogens is 6. The minimum atomic E-state index is -0.750. The molecule has 2 aliphatic rings. The summed E-state index contributed by atoms with van der Waals surface area (Å²) >= 11 is 17.4. The van der Waals surface area contributed by atoms with Crippen molar-refractivity contribution in [2.45, 2.75) is 88.9 Å². The molecule has 0 bridgehead atoms. The van der Waals surface area contributed by atoms with Gasteiger partial charge >= 0.3 is 23.1 Å². The lowest BCUT2D eigenvalue weighted by atomic mass is 9.93. The maximum absolute atomic E-state index is 11.0. The molecule has 6 aromatic carbocycles. The quantitative estimate of drug-likeness (QED) is 0.0582. The Hall–Kier alpha value is -8.45. The number of halogens is 3. The first-order valence-electron chi connectivity index (χ1n) is 27.3. The average Bonchev–Trinajstić information content (AvgIpc) is 1.81. The number of nitrogens with one attached hydrogen (secondary N) is 1. The highest BCUT2D eigenvalue weighted by Crippen LogP contribution is 2.38. The topological polar surface area (TPSA) is 272 Å². The van der Waals surface area contributed by atoms with Gasteiger partial charge in [-0.15, -0.1) is 0 Å². The molecular weight excluding hydrogens is 1220 g/mol. The van der Waals surface area contributed by atoms with Gasteiger partial charge in [0.15, 0.2) is 0 Å². The van der Waals surface area contributed by atoms with Crippen molar-refractivity contribution < 1.29 is 36.2 Å². The van der Waals surface area contributed by atoms with Crippen LogP contribution in [0.1, 0.15) is 62.5 Å². The van der Waals surface area contributed by atoms with Crippen LogP contribution in [0.15, 0.2) is 183 Å². The zero-order chi connectivity index (χ0) is 61.7. The third-order valence-electron chi connectivity index (χ3n) is 14.4. The van der Waals surface area contributed by atoms with Gasteiger partial charge in [0.2, 0.25) is 11.2 Å². The van der Waals surface area contributed by atoms with Gasteiger partial charge in [-0.25, -0.2) is 19.9 Å². The van der Waals surface area contributed by atoms with E-state index in [1.165, 1.54) is 18.3 Å². The zero-order valence-electron chi connectivity index (χ0n) is 46.4. The second kappa shape index (κ2) is 32.3. The Morgan fingerprint density at radius 3 is 1.41 bits per heavy atom. The summed E-state index contributed by atoms with van der Waals surface area (Å²) in [4.78, 5) is 38.5. The smallest absolute Gasteiger partial charge is 0.335 e. The Morgan fingerprint density at radius 2 is 0.954 bits per heavy atom. The van der Waals surface area contributed by atoms with Crippen LogP contribution in [0.2, 0.25) is 15.3 Å². The standard InChI is InChI=1S/C31H28ClN5O3.C18H11Cl2N3.C13H18N2O3.2O2S/c32-28-18-33-31(34-22-13-15-25(16-14-22)40-20-21-7-6-10-24(17-21)37(38)39)35-30(28)27-19-36(23-8-2-1-3-9-23)29-12-5-4-11-26(27)29;19-15-10-21-18(20)22-17(15)14-11-23(12-6-2-1-3-7-12)16-9-5-4-8-13(14)16;14-11-4-6-13(7-5-11)18-9-10-2-1-3-12(8-10)15(16)17;2*1-3-2/h1-12,17-19,22,25H,13-16,20H2,(H,33,34,35);1-11H;1-3,8,11,13H,4-7,9,14H2;;. The van der Waals surface area contributed by atoms with Crippen molar-refractivity contribution >= 4 is 97.1 Å². The van der Waals surface area contributed by atoms with E-state index in [-0.39, 0.29) is 44.8 Å². The molecule has 0 unspecified atom stereocenters. The summed E-state index contributed by atoms with van der Waals surface area (Å²) in [6.45, 7) is 0.798. The zero-order valence-corrected chi connectivity index (χ0v) is 50.3. The predicted octanol–water partition coefficient (Wildman–Crippen LogP) is 14.0. The molecule has 0 atom stereocenters. The third-order valence-corrected chi connectivity index (χ3v) is 15.1. The average molecular weight is 1270 g/mol. The van der Waals surface area contributed by atoms with Crippen LogP contribution in [0, 0.1) is 20.2 Å². The molecule has 2 saturated carbocycles. The molecule has 10 aromatic rings. The third kappa shape index (κ3) is 17.8. The molecule has 25 heteroatoms. The van der Waals surface area contributed by atoms with Gasteiger partial charge in [0, 0.05) is 82.0 Å². The van der Waals surface area contributed by atoms with E-state index in [2.05, 4.69) is 84.1 Å². The highest BCUT2D eigenvalue weighted by Gasteiger charge is 2.25. The number of nitrogens with two attached hydrogens (primary N) is 1. The molecule has 0 spiro atoms. The molecule has 0 aliphatic heterocycles. The van der Waals surface area contributed by atoms with Gasteiger partial charge in [-0.3, -0.25) is 20.2 Å². The van der Waals surface area contributed by atoms with Crippen molar-refractivity contribution in [3.63, 3.8) is 0 Å². The number of non-ortho nitro benzene ring substituents is 2. The summed E-state index contributed by atoms with van der Waals surface area (Å²) in [7, 11) is 0. The number of ether oxygens (including phenoxy) is 2. The lowest BCUT2D eigenvalue weighted by Crippen LogP contribution is -2.30. The molecule has 4 aromatic heterocycles. The van der Waals surface area contributed by atoms with Crippen LogP contribution in [-0.4, -0.2) is 80.0 Å². The molecule has 87 heavy (non-hydrogen) atoms. The van der Waals surface area contributed by atoms with Gasteiger partial charge in [-0.2, -0.15) is 16.8 Å². The molecule has 4 heterocycles. The summed E-state index contributed by atoms with van der Waals surface area (Å²) in [5, 5.41) is 28.5. The Morgan fingerprint density at radius 1 is 0.540 bits per heavy atom. The van der Waals surface area contributed by atoms with E-state index in [1.807, 2.05) is 79.0 Å². The minimum absolute atomic E-state index is 0.0842. The van der Waals surface area contributed by atoms with Crippen molar-refractivity contribution in [1.29, 1.82) is 0 Å². The summed E-state index contributed by atoms with van der Waals surface area (Å²) in [5.41, 5.74) is 15.2. The summed E-state index contributed by atoms with van der Waals surface area (Å²) in [6, 6.07) is 50.5. The van der Waals surface area contributed by atoms with Crippen molar-refractivity contribution in [3.8, 4) is 33.9 Å². The van der Waals surface area contributed by atoms with Crippen LogP contribution >= 0.6 is 34.8 Å². The number of hydrogen-bond donors (Lipinski definition) is 2. The van der Waals surface area contributed by atoms with E-state index in [0.717, 1.165) is 107 Å². The van der Waals surface area contributed by atoms with Gasteiger partial charge < -0.3 is 29.7 Å². The lowest BCUT2D eigenvalue weighted by Gasteiger charge is -2.29. The molecule has 12 rings (SSSR count). The Balaban J connectivity index is 0.000000176. The van der Waals surface area contributed by atoms with Crippen molar-refractivity contribution in [2.24, 2.45) is 5.73 Å². The van der Waals surface area contributed by atoms with Crippen LogP contribution in [0.4, 0.5) is 17.3 Å².